The Morgan fingerprint density at radius 1 is 1.04 bits per heavy atom. The molecule has 3 rings (SSSR count). The summed E-state index contributed by atoms with van der Waals surface area (Å²) in [7, 11) is 1.68. The van der Waals surface area contributed by atoms with Crippen LogP contribution in [0.3, 0.4) is 0 Å². The highest BCUT2D eigenvalue weighted by Gasteiger charge is 2.06. The highest BCUT2D eigenvalue weighted by atomic mass is 79.9. The van der Waals surface area contributed by atoms with Crippen LogP contribution >= 0.6 is 28.3 Å². The first-order valence-corrected chi connectivity index (χ1v) is 9.14. The fraction of sp³-hybridized carbons (Fsp3) is 0.238. The molecule has 0 bridgehead atoms. The van der Waals surface area contributed by atoms with E-state index in [9.17, 15) is 0 Å². The number of ether oxygens (including phenoxy) is 1. The van der Waals surface area contributed by atoms with Gasteiger partial charge in [-0.1, -0.05) is 34.1 Å². The lowest BCUT2D eigenvalue weighted by molar-refractivity contribution is 0.414. The van der Waals surface area contributed by atoms with Crippen LogP contribution in [0.2, 0.25) is 0 Å². The van der Waals surface area contributed by atoms with Crippen molar-refractivity contribution < 1.29 is 9.15 Å². The molecular weight excluding hydrogens is 414 g/mol. The van der Waals surface area contributed by atoms with Gasteiger partial charge in [0.1, 0.15) is 17.3 Å². The second kappa shape index (κ2) is 9.81. The van der Waals surface area contributed by atoms with Crippen LogP contribution in [0.5, 0.6) is 5.75 Å². The predicted octanol–water partition coefficient (Wildman–Crippen LogP) is 5.78. The summed E-state index contributed by atoms with van der Waals surface area (Å²) in [4.78, 5) is 0. The average molecular weight is 437 g/mol. The lowest BCUT2D eigenvalue weighted by Gasteiger charge is -2.05. The topological polar surface area (TPSA) is 34.4 Å². The van der Waals surface area contributed by atoms with Gasteiger partial charge in [0.2, 0.25) is 0 Å². The summed E-state index contributed by atoms with van der Waals surface area (Å²) >= 11 is 3.53. The Bertz CT molecular complexity index is 830. The van der Waals surface area contributed by atoms with Gasteiger partial charge in [-0.3, -0.25) is 0 Å². The van der Waals surface area contributed by atoms with E-state index >= 15 is 0 Å². The molecule has 0 spiro atoms. The summed E-state index contributed by atoms with van der Waals surface area (Å²) in [6.07, 6.45) is 0.976. The van der Waals surface area contributed by atoms with E-state index in [1.807, 2.05) is 24.3 Å². The van der Waals surface area contributed by atoms with Crippen molar-refractivity contribution >= 4 is 28.3 Å². The van der Waals surface area contributed by atoms with Crippen molar-refractivity contribution in [2.24, 2.45) is 0 Å². The highest BCUT2D eigenvalue weighted by Crippen LogP contribution is 2.26. The third-order valence-electron chi connectivity index (χ3n) is 4.15. The summed E-state index contributed by atoms with van der Waals surface area (Å²) in [5.74, 6) is 2.75. The van der Waals surface area contributed by atoms with Crippen LogP contribution in [0.4, 0.5) is 0 Å². The smallest absolute Gasteiger partial charge is 0.134 e. The minimum atomic E-state index is 0. The molecule has 0 radical (unpaired) electrons. The van der Waals surface area contributed by atoms with Gasteiger partial charge in [0.05, 0.1) is 13.7 Å². The van der Waals surface area contributed by atoms with Crippen LogP contribution < -0.4 is 10.1 Å². The fourth-order valence-corrected chi connectivity index (χ4v) is 2.91. The molecule has 0 aliphatic heterocycles. The van der Waals surface area contributed by atoms with Crippen molar-refractivity contribution in [1.29, 1.82) is 0 Å². The van der Waals surface area contributed by atoms with Gasteiger partial charge in [-0.15, -0.1) is 12.4 Å². The molecule has 0 saturated carbocycles. The SMILES string of the molecule is COc1ccc(CCNCc2ccc(-c3ccc(Br)c(C)c3)o2)cc1.Cl. The van der Waals surface area contributed by atoms with Crippen molar-refractivity contribution in [3.63, 3.8) is 0 Å². The molecular formula is C21H23BrClNO2. The molecule has 0 amide bonds. The van der Waals surface area contributed by atoms with E-state index in [2.05, 4.69) is 58.5 Å². The van der Waals surface area contributed by atoms with Crippen molar-refractivity contribution in [3.05, 3.63) is 76.0 Å². The normalized spacial score (nSPS) is 10.4. The first kappa shape index (κ1) is 20.6. The third-order valence-corrected chi connectivity index (χ3v) is 5.04. The lowest BCUT2D eigenvalue weighted by atomic mass is 10.1. The highest BCUT2D eigenvalue weighted by molar-refractivity contribution is 9.10. The second-order valence-electron chi connectivity index (χ2n) is 6.00. The average Bonchev–Trinajstić information content (AvgIpc) is 3.10. The Kier molecular flexibility index (Phi) is 7.76. The van der Waals surface area contributed by atoms with Crippen molar-refractivity contribution in [1.82, 2.24) is 5.32 Å². The first-order valence-electron chi connectivity index (χ1n) is 8.34. The summed E-state index contributed by atoms with van der Waals surface area (Å²) in [6, 6.07) is 18.5. The number of methoxy groups -OCH3 is 1. The van der Waals surface area contributed by atoms with E-state index in [-0.39, 0.29) is 12.4 Å². The molecule has 1 heterocycles. The summed E-state index contributed by atoms with van der Waals surface area (Å²) in [6.45, 7) is 3.71. The van der Waals surface area contributed by atoms with Gasteiger partial charge in [0.15, 0.2) is 0 Å². The summed E-state index contributed by atoms with van der Waals surface area (Å²) in [5, 5.41) is 3.43. The molecule has 0 fully saturated rings. The molecule has 138 valence electrons. The van der Waals surface area contributed by atoms with Gasteiger partial charge in [-0.2, -0.15) is 0 Å². The van der Waals surface area contributed by atoms with Gasteiger partial charge < -0.3 is 14.5 Å². The Morgan fingerprint density at radius 3 is 2.50 bits per heavy atom. The van der Waals surface area contributed by atoms with E-state index in [0.29, 0.717) is 0 Å². The monoisotopic (exact) mass is 435 g/mol. The Balaban J connectivity index is 0.00000243. The predicted molar refractivity (Wildman–Crippen MR) is 112 cm³/mol. The van der Waals surface area contributed by atoms with Crippen LogP contribution in [0.25, 0.3) is 11.3 Å². The minimum absolute atomic E-state index is 0. The molecule has 5 heteroatoms. The zero-order valence-corrected chi connectivity index (χ0v) is 17.3. The fourth-order valence-electron chi connectivity index (χ4n) is 2.66. The molecule has 3 nitrogen and oxygen atoms in total. The molecule has 2 aromatic carbocycles. The van der Waals surface area contributed by atoms with E-state index in [1.165, 1.54) is 11.1 Å². The maximum Gasteiger partial charge on any atom is 0.134 e. The summed E-state index contributed by atoms with van der Waals surface area (Å²) in [5.41, 5.74) is 3.59. The maximum atomic E-state index is 5.95. The third kappa shape index (κ3) is 5.37. The van der Waals surface area contributed by atoms with Gasteiger partial charge in [0.25, 0.3) is 0 Å². The van der Waals surface area contributed by atoms with Crippen LogP contribution in [-0.2, 0) is 13.0 Å². The first-order chi connectivity index (χ1) is 12.2. The van der Waals surface area contributed by atoms with Crippen LogP contribution in [0, 0.1) is 6.92 Å². The number of hydrogen-bond acceptors (Lipinski definition) is 3. The molecule has 0 saturated heterocycles. The van der Waals surface area contributed by atoms with Gasteiger partial charge in [-0.25, -0.2) is 0 Å². The number of halogens is 2. The summed E-state index contributed by atoms with van der Waals surface area (Å²) < 4.78 is 12.2. The molecule has 1 N–H and O–H groups in total. The Morgan fingerprint density at radius 2 is 1.81 bits per heavy atom. The standard InChI is InChI=1S/C21H22BrNO2.ClH/c1-15-13-17(5-9-20(15)22)21-10-8-19(25-21)14-23-12-11-16-3-6-18(24-2)7-4-16;/h3-10,13,23H,11-12,14H2,1-2H3;1H. The molecule has 1 aromatic heterocycles. The molecule has 0 unspecified atom stereocenters. The number of hydrogen-bond donors (Lipinski definition) is 1. The quantitative estimate of drug-likeness (QED) is 0.477. The van der Waals surface area contributed by atoms with E-state index in [0.717, 1.165) is 46.8 Å². The molecule has 26 heavy (non-hydrogen) atoms. The zero-order chi connectivity index (χ0) is 17.6. The van der Waals surface area contributed by atoms with E-state index < -0.39 is 0 Å². The van der Waals surface area contributed by atoms with Gasteiger partial charge in [-0.05, 0) is 67.4 Å². The Labute approximate surface area is 169 Å². The van der Waals surface area contributed by atoms with Crippen LogP contribution in [0.1, 0.15) is 16.9 Å². The molecule has 0 aliphatic rings. The van der Waals surface area contributed by atoms with Crippen molar-refractivity contribution in [2.45, 2.75) is 19.9 Å². The van der Waals surface area contributed by atoms with E-state index in [4.69, 9.17) is 9.15 Å². The lowest BCUT2D eigenvalue weighted by Crippen LogP contribution is -2.16. The van der Waals surface area contributed by atoms with Crippen molar-refractivity contribution in [3.8, 4) is 17.1 Å². The van der Waals surface area contributed by atoms with Crippen LogP contribution in [0.15, 0.2) is 63.5 Å². The Hall–Kier alpha value is -1.75. The number of aryl methyl sites for hydroxylation is 1. The van der Waals surface area contributed by atoms with Gasteiger partial charge in [0, 0.05) is 10.0 Å². The zero-order valence-electron chi connectivity index (χ0n) is 14.9. The molecule has 0 aliphatic carbocycles. The van der Waals surface area contributed by atoms with Gasteiger partial charge >= 0.3 is 0 Å². The van der Waals surface area contributed by atoms with Crippen molar-refractivity contribution in [2.75, 3.05) is 13.7 Å². The molecule has 3 aromatic rings. The maximum absolute atomic E-state index is 5.95. The second-order valence-corrected chi connectivity index (χ2v) is 6.86. The largest absolute Gasteiger partial charge is 0.497 e. The number of rotatable bonds is 7. The number of nitrogens with one attached hydrogen (secondary N) is 1. The molecule has 0 atom stereocenters. The minimum Gasteiger partial charge on any atom is -0.497 e. The van der Waals surface area contributed by atoms with E-state index in [1.54, 1.807) is 7.11 Å². The number of benzene rings is 2. The number of furan rings is 1. The van der Waals surface area contributed by atoms with Crippen LogP contribution in [-0.4, -0.2) is 13.7 Å².